The fraction of sp³-hybridized carbons (Fsp3) is 0.379. The number of ether oxygens (including phenoxy) is 2. The van der Waals surface area contributed by atoms with E-state index in [9.17, 15) is 15.0 Å². The van der Waals surface area contributed by atoms with Crippen molar-refractivity contribution in [2.75, 3.05) is 25.0 Å². The summed E-state index contributed by atoms with van der Waals surface area (Å²) in [5.41, 5.74) is 3.92. The van der Waals surface area contributed by atoms with Gasteiger partial charge in [-0.2, -0.15) is 0 Å². The number of pyridine rings is 1. The molecule has 0 radical (unpaired) electrons. The zero-order chi connectivity index (χ0) is 25.6. The molecule has 2 aromatic carbocycles. The summed E-state index contributed by atoms with van der Waals surface area (Å²) < 4.78 is 12.9. The van der Waals surface area contributed by atoms with Crippen molar-refractivity contribution in [2.24, 2.45) is 0 Å². The Kier molecular flexibility index (Phi) is 8.23. The third kappa shape index (κ3) is 6.23. The molecule has 0 saturated carbocycles. The molecular weight excluding hydrogens is 470 g/mol. The minimum Gasteiger partial charge on any atom is -0.395 e. The second-order valence-electron chi connectivity index (χ2n) is 9.64. The van der Waals surface area contributed by atoms with E-state index < -0.39 is 6.29 Å². The molecule has 1 aromatic heterocycles. The first kappa shape index (κ1) is 25.5. The summed E-state index contributed by atoms with van der Waals surface area (Å²) in [5, 5.41) is 22.1. The van der Waals surface area contributed by atoms with Crippen molar-refractivity contribution in [3.63, 3.8) is 0 Å². The van der Waals surface area contributed by atoms with Crippen LogP contribution in [0.5, 0.6) is 0 Å². The number of rotatable bonds is 8. The van der Waals surface area contributed by atoms with Crippen LogP contribution in [-0.2, 0) is 16.1 Å². The maximum absolute atomic E-state index is 12.5. The number of benzene rings is 2. The molecule has 2 fully saturated rings. The fourth-order valence-corrected chi connectivity index (χ4v) is 5.06. The Morgan fingerprint density at radius 3 is 2.51 bits per heavy atom. The van der Waals surface area contributed by atoms with Crippen LogP contribution in [-0.4, -0.2) is 57.8 Å². The number of hydrogen-bond donors (Lipinski definition) is 3. The first-order valence-corrected chi connectivity index (χ1v) is 12.8. The summed E-state index contributed by atoms with van der Waals surface area (Å²) in [6.07, 6.45) is 5.13. The quantitative estimate of drug-likeness (QED) is 0.429. The molecule has 2 saturated heterocycles. The van der Waals surface area contributed by atoms with Gasteiger partial charge < -0.3 is 25.0 Å². The van der Waals surface area contributed by atoms with Gasteiger partial charge in [-0.15, -0.1) is 0 Å². The third-order valence-electron chi connectivity index (χ3n) is 7.13. The van der Waals surface area contributed by atoms with Gasteiger partial charge in [-0.1, -0.05) is 36.4 Å². The van der Waals surface area contributed by atoms with Gasteiger partial charge in [0.05, 0.1) is 31.0 Å². The van der Waals surface area contributed by atoms with E-state index in [0.717, 1.165) is 42.6 Å². The average Bonchev–Trinajstić information content (AvgIpc) is 3.40. The molecule has 3 aromatic rings. The van der Waals surface area contributed by atoms with Gasteiger partial charge in [0, 0.05) is 42.7 Å². The summed E-state index contributed by atoms with van der Waals surface area (Å²) in [4.78, 5) is 18.8. The number of amides is 1. The van der Waals surface area contributed by atoms with Crippen LogP contribution in [0.4, 0.5) is 5.69 Å². The molecule has 8 heteroatoms. The molecule has 1 amide bonds. The van der Waals surface area contributed by atoms with Gasteiger partial charge in [-0.3, -0.25) is 14.7 Å². The standard InChI is InChI=1S/C29H33N3O5/c33-18-20-5-7-21(8-6-20)27-15-26(17-32-14-2-4-25(32)19-34)36-29(37-27)22-9-11-24(12-10-22)31-28(35)23-3-1-13-30-16-23/h1,3,5-13,16,25-27,29,33-34H,2,4,14-15,17-19H2,(H,31,35). The molecule has 3 N–H and O–H groups in total. The van der Waals surface area contributed by atoms with Crippen LogP contribution in [0.25, 0.3) is 0 Å². The molecule has 4 atom stereocenters. The first-order valence-electron chi connectivity index (χ1n) is 12.8. The molecule has 3 heterocycles. The highest BCUT2D eigenvalue weighted by Crippen LogP contribution is 2.39. The number of aromatic nitrogens is 1. The summed E-state index contributed by atoms with van der Waals surface area (Å²) in [7, 11) is 0. The zero-order valence-corrected chi connectivity index (χ0v) is 20.7. The Labute approximate surface area is 216 Å². The number of nitrogens with zero attached hydrogens (tertiary/aromatic N) is 2. The van der Waals surface area contributed by atoms with E-state index in [2.05, 4.69) is 15.2 Å². The van der Waals surface area contributed by atoms with Crippen LogP contribution in [0.3, 0.4) is 0 Å². The monoisotopic (exact) mass is 503 g/mol. The highest BCUT2D eigenvalue weighted by Gasteiger charge is 2.35. The van der Waals surface area contributed by atoms with E-state index in [1.807, 2.05) is 48.5 Å². The van der Waals surface area contributed by atoms with Crippen LogP contribution < -0.4 is 5.32 Å². The van der Waals surface area contributed by atoms with E-state index in [-0.39, 0.29) is 37.4 Å². The van der Waals surface area contributed by atoms with Crippen LogP contribution in [0.2, 0.25) is 0 Å². The van der Waals surface area contributed by atoms with Crippen molar-refractivity contribution in [3.8, 4) is 0 Å². The van der Waals surface area contributed by atoms with E-state index in [1.165, 1.54) is 6.20 Å². The van der Waals surface area contributed by atoms with Crippen LogP contribution >= 0.6 is 0 Å². The predicted molar refractivity (Wildman–Crippen MR) is 139 cm³/mol. The Morgan fingerprint density at radius 1 is 1.03 bits per heavy atom. The van der Waals surface area contributed by atoms with Crippen molar-refractivity contribution < 1.29 is 24.5 Å². The number of nitrogens with one attached hydrogen (secondary N) is 1. The van der Waals surface area contributed by atoms with Gasteiger partial charge in [0.25, 0.3) is 5.91 Å². The molecule has 2 aliphatic heterocycles. The second kappa shape index (κ2) is 11.9. The van der Waals surface area contributed by atoms with Gasteiger partial charge in [0.2, 0.25) is 0 Å². The smallest absolute Gasteiger partial charge is 0.257 e. The highest BCUT2D eigenvalue weighted by molar-refractivity contribution is 6.03. The third-order valence-corrected chi connectivity index (χ3v) is 7.13. The number of hydrogen-bond acceptors (Lipinski definition) is 7. The number of aliphatic hydroxyl groups excluding tert-OH is 2. The lowest BCUT2D eigenvalue weighted by Gasteiger charge is -2.38. The van der Waals surface area contributed by atoms with Crippen molar-refractivity contribution in [2.45, 2.75) is 50.4 Å². The summed E-state index contributed by atoms with van der Waals surface area (Å²) in [6, 6.07) is 18.9. The van der Waals surface area contributed by atoms with Gasteiger partial charge in [-0.25, -0.2) is 0 Å². The molecular formula is C29H33N3O5. The maximum atomic E-state index is 12.5. The second-order valence-corrected chi connectivity index (χ2v) is 9.64. The average molecular weight is 504 g/mol. The zero-order valence-electron chi connectivity index (χ0n) is 20.7. The van der Waals surface area contributed by atoms with Gasteiger partial charge >= 0.3 is 0 Å². The van der Waals surface area contributed by atoms with E-state index in [0.29, 0.717) is 17.7 Å². The summed E-state index contributed by atoms with van der Waals surface area (Å²) >= 11 is 0. The molecule has 5 rings (SSSR count). The lowest BCUT2D eigenvalue weighted by atomic mass is 9.99. The number of anilines is 1. The number of aliphatic hydroxyl groups is 2. The molecule has 0 aliphatic carbocycles. The first-order chi connectivity index (χ1) is 18.1. The molecule has 0 bridgehead atoms. The number of likely N-dealkylation sites (tertiary alicyclic amines) is 1. The summed E-state index contributed by atoms with van der Waals surface area (Å²) in [6.45, 7) is 1.85. The molecule has 37 heavy (non-hydrogen) atoms. The SMILES string of the molecule is O=C(Nc1ccc(C2OC(CN3CCCC3CO)CC(c3ccc(CO)cc3)O2)cc1)c1cccnc1. The highest BCUT2D eigenvalue weighted by atomic mass is 16.7. The van der Waals surface area contributed by atoms with Crippen LogP contribution in [0.1, 0.15) is 58.7 Å². The van der Waals surface area contributed by atoms with E-state index in [4.69, 9.17) is 9.47 Å². The predicted octanol–water partition coefficient (Wildman–Crippen LogP) is 3.83. The molecule has 2 aliphatic rings. The van der Waals surface area contributed by atoms with E-state index >= 15 is 0 Å². The van der Waals surface area contributed by atoms with Gasteiger partial charge in [0.15, 0.2) is 6.29 Å². The van der Waals surface area contributed by atoms with Crippen molar-refractivity contribution in [1.29, 1.82) is 0 Å². The maximum Gasteiger partial charge on any atom is 0.257 e. The topological polar surface area (TPSA) is 104 Å². The van der Waals surface area contributed by atoms with Crippen molar-refractivity contribution in [3.05, 3.63) is 95.3 Å². The minimum atomic E-state index is -0.570. The largest absolute Gasteiger partial charge is 0.395 e. The van der Waals surface area contributed by atoms with Crippen molar-refractivity contribution >= 4 is 11.6 Å². The van der Waals surface area contributed by atoms with Gasteiger partial charge in [-0.05, 0) is 54.8 Å². The van der Waals surface area contributed by atoms with Crippen LogP contribution in [0.15, 0.2) is 73.1 Å². The Bertz CT molecular complexity index is 1160. The molecule has 4 unspecified atom stereocenters. The molecule has 194 valence electrons. The lowest BCUT2D eigenvalue weighted by molar-refractivity contribution is -0.253. The van der Waals surface area contributed by atoms with Crippen LogP contribution in [0, 0.1) is 0 Å². The fourth-order valence-electron chi connectivity index (χ4n) is 5.06. The Morgan fingerprint density at radius 2 is 1.81 bits per heavy atom. The Balaban J connectivity index is 1.32. The van der Waals surface area contributed by atoms with Gasteiger partial charge in [0.1, 0.15) is 0 Å². The van der Waals surface area contributed by atoms with Crippen molar-refractivity contribution in [1.82, 2.24) is 9.88 Å². The number of carbonyl (C=O) groups is 1. The minimum absolute atomic E-state index is 0.00133. The van der Waals surface area contributed by atoms with E-state index in [1.54, 1.807) is 18.3 Å². The molecule has 0 spiro atoms. The number of carbonyl (C=O) groups excluding carboxylic acids is 1. The normalized spacial score (nSPS) is 24.2. The summed E-state index contributed by atoms with van der Waals surface area (Å²) in [5.74, 6) is -0.221. The molecule has 8 nitrogen and oxygen atoms in total. The Hall–Kier alpha value is -3.14. The lowest BCUT2D eigenvalue weighted by Crippen LogP contribution is -2.42.